The molecule has 6 nitrogen and oxygen atoms in total. The highest BCUT2D eigenvalue weighted by Gasteiger charge is 2.22. The zero-order valence-corrected chi connectivity index (χ0v) is 15.8. The van der Waals surface area contributed by atoms with E-state index in [0.29, 0.717) is 12.1 Å². The van der Waals surface area contributed by atoms with Crippen molar-refractivity contribution in [3.05, 3.63) is 28.8 Å². The van der Waals surface area contributed by atoms with E-state index in [4.69, 9.17) is 16.7 Å². The van der Waals surface area contributed by atoms with Crippen LogP contribution >= 0.6 is 11.6 Å². The lowest BCUT2D eigenvalue weighted by Gasteiger charge is -2.26. The fourth-order valence-corrected chi connectivity index (χ4v) is 2.51. The average molecular weight is 369 g/mol. The summed E-state index contributed by atoms with van der Waals surface area (Å²) in [5, 5.41) is 11.9. The lowest BCUT2D eigenvalue weighted by atomic mass is 10.1. The van der Waals surface area contributed by atoms with Gasteiger partial charge in [0.1, 0.15) is 0 Å². The number of aliphatic carboxylic acids is 1. The first-order valence-corrected chi connectivity index (χ1v) is 8.61. The summed E-state index contributed by atoms with van der Waals surface area (Å²) in [5.41, 5.74) is 0.725. The summed E-state index contributed by atoms with van der Waals surface area (Å²) in [6, 6.07) is 4.53. The number of nitrogens with zero attached hydrogens (tertiary/aromatic N) is 1. The lowest BCUT2D eigenvalue weighted by Crippen LogP contribution is -2.38. The second kappa shape index (κ2) is 9.42. The molecule has 0 saturated carbocycles. The normalized spacial score (nSPS) is 10.8. The second-order valence-corrected chi connectivity index (χ2v) is 6.98. The van der Waals surface area contributed by atoms with Crippen molar-refractivity contribution in [3.8, 4) is 0 Å². The predicted octanol–water partition coefficient (Wildman–Crippen LogP) is 3.65. The smallest absolute Gasteiger partial charge is 0.305 e. The number of halogens is 1. The van der Waals surface area contributed by atoms with Crippen LogP contribution in [0, 0.1) is 5.92 Å². The molecular formula is C18H25ClN2O4. The van der Waals surface area contributed by atoms with Crippen molar-refractivity contribution in [1.82, 2.24) is 4.90 Å². The third-order valence-corrected chi connectivity index (χ3v) is 3.85. The van der Waals surface area contributed by atoms with E-state index in [1.807, 2.05) is 27.7 Å². The summed E-state index contributed by atoms with van der Waals surface area (Å²) < 4.78 is 0. The maximum Gasteiger partial charge on any atom is 0.305 e. The van der Waals surface area contributed by atoms with Gasteiger partial charge in [0.2, 0.25) is 5.91 Å². The molecule has 1 aromatic rings. The Morgan fingerprint density at radius 3 is 2.36 bits per heavy atom. The van der Waals surface area contributed by atoms with Gasteiger partial charge in [-0.25, -0.2) is 0 Å². The minimum atomic E-state index is -0.973. The average Bonchev–Trinajstić information content (AvgIpc) is 2.47. The Morgan fingerprint density at radius 2 is 1.84 bits per heavy atom. The summed E-state index contributed by atoms with van der Waals surface area (Å²) in [6.07, 6.45) is 0.231. The molecule has 0 saturated heterocycles. The van der Waals surface area contributed by atoms with Crippen LogP contribution in [0.4, 0.5) is 5.69 Å². The number of anilines is 1. The van der Waals surface area contributed by atoms with E-state index >= 15 is 0 Å². The van der Waals surface area contributed by atoms with Gasteiger partial charge in [0, 0.05) is 24.7 Å². The standard InChI is InChI=1S/C18H25ClN2O4/c1-11(2)9-16(22)20-13-5-6-15(19)14(10-13)18(25)21(12(3)4)8-7-17(23)24/h5-6,10-12H,7-9H2,1-4H3,(H,20,22)(H,23,24). The number of hydrogen-bond donors (Lipinski definition) is 2. The summed E-state index contributed by atoms with van der Waals surface area (Å²) in [4.78, 5) is 36.9. The molecule has 138 valence electrons. The van der Waals surface area contributed by atoms with Gasteiger partial charge < -0.3 is 15.3 Å². The number of carboxylic acids is 1. The van der Waals surface area contributed by atoms with Crippen molar-refractivity contribution in [2.45, 2.75) is 46.6 Å². The molecular weight excluding hydrogens is 344 g/mol. The van der Waals surface area contributed by atoms with Crippen LogP contribution in [0.1, 0.15) is 50.9 Å². The van der Waals surface area contributed by atoms with Crippen LogP contribution in [0.5, 0.6) is 0 Å². The Labute approximate surface area is 153 Å². The van der Waals surface area contributed by atoms with E-state index in [1.54, 1.807) is 12.1 Å². The first-order chi connectivity index (χ1) is 11.6. The van der Waals surface area contributed by atoms with Crippen LogP contribution in [-0.2, 0) is 9.59 Å². The fourth-order valence-electron chi connectivity index (χ4n) is 2.31. The minimum absolute atomic E-state index is 0.0894. The predicted molar refractivity (Wildman–Crippen MR) is 98.0 cm³/mol. The second-order valence-electron chi connectivity index (χ2n) is 6.58. The molecule has 1 rings (SSSR count). The lowest BCUT2D eigenvalue weighted by molar-refractivity contribution is -0.137. The Balaban J connectivity index is 3.01. The molecule has 0 fully saturated rings. The summed E-state index contributed by atoms with van der Waals surface area (Å²) in [7, 11) is 0. The number of nitrogens with one attached hydrogen (secondary N) is 1. The van der Waals surface area contributed by atoms with Crippen molar-refractivity contribution < 1.29 is 19.5 Å². The molecule has 0 heterocycles. The number of amides is 2. The van der Waals surface area contributed by atoms with Gasteiger partial charge in [0.15, 0.2) is 0 Å². The van der Waals surface area contributed by atoms with Crippen LogP contribution in [0.15, 0.2) is 18.2 Å². The van der Waals surface area contributed by atoms with Crippen LogP contribution < -0.4 is 5.32 Å². The number of hydrogen-bond acceptors (Lipinski definition) is 3. The molecule has 0 aliphatic carbocycles. The number of carboxylic acid groups (broad SMARTS) is 1. The van der Waals surface area contributed by atoms with Gasteiger partial charge in [0.05, 0.1) is 17.0 Å². The number of carbonyl (C=O) groups is 3. The molecule has 0 unspecified atom stereocenters. The minimum Gasteiger partial charge on any atom is -0.481 e. The van der Waals surface area contributed by atoms with Crippen LogP contribution in [0.2, 0.25) is 5.02 Å². The Hall–Kier alpha value is -2.08. The monoisotopic (exact) mass is 368 g/mol. The Bertz CT molecular complexity index is 644. The fraction of sp³-hybridized carbons (Fsp3) is 0.500. The van der Waals surface area contributed by atoms with Gasteiger partial charge in [-0.2, -0.15) is 0 Å². The van der Waals surface area contributed by atoms with Gasteiger partial charge in [-0.15, -0.1) is 0 Å². The number of rotatable bonds is 8. The van der Waals surface area contributed by atoms with Gasteiger partial charge in [-0.1, -0.05) is 25.4 Å². The number of benzene rings is 1. The molecule has 0 aliphatic rings. The third-order valence-electron chi connectivity index (χ3n) is 3.52. The van der Waals surface area contributed by atoms with Gasteiger partial charge in [-0.05, 0) is 38.0 Å². The molecule has 25 heavy (non-hydrogen) atoms. The maximum atomic E-state index is 12.8. The molecule has 0 aliphatic heterocycles. The molecule has 0 aromatic heterocycles. The maximum absolute atomic E-state index is 12.8. The highest BCUT2D eigenvalue weighted by molar-refractivity contribution is 6.34. The topological polar surface area (TPSA) is 86.7 Å². The van der Waals surface area contributed by atoms with Crippen molar-refractivity contribution in [3.63, 3.8) is 0 Å². The van der Waals surface area contributed by atoms with E-state index in [-0.39, 0.29) is 47.3 Å². The summed E-state index contributed by atoms with van der Waals surface area (Å²) in [5.74, 6) is -1.25. The largest absolute Gasteiger partial charge is 0.481 e. The van der Waals surface area contributed by atoms with Crippen LogP contribution in [0.25, 0.3) is 0 Å². The van der Waals surface area contributed by atoms with Crippen LogP contribution in [0.3, 0.4) is 0 Å². The van der Waals surface area contributed by atoms with E-state index in [2.05, 4.69) is 5.32 Å². The quantitative estimate of drug-likeness (QED) is 0.733. The van der Waals surface area contributed by atoms with E-state index in [0.717, 1.165) is 0 Å². The zero-order chi connectivity index (χ0) is 19.1. The molecule has 0 atom stereocenters. The molecule has 0 radical (unpaired) electrons. The van der Waals surface area contributed by atoms with E-state index in [1.165, 1.54) is 11.0 Å². The Morgan fingerprint density at radius 1 is 1.20 bits per heavy atom. The molecule has 1 aromatic carbocycles. The van der Waals surface area contributed by atoms with Gasteiger partial charge in [-0.3, -0.25) is 14.4 Å². The van der Waals surface area contributed by atoms with E-state index < -0.39 is 5.97 Å². The van der Waals surface area contributed by atoms with Crippen LogP contribution in [-0.4, -0.2) is 40.4 Å². The van der Waals surface area contributed by atoms with Gasteiger partial charge in [0.25, 0.3) is 5.91 Å². The van der Waals surface area contributed by atoms with Gasteiger partial charge >= 0.3 is 5.97 Å². The summed E-state index contributed by atoms with van der Waals surface area (Å²) in [6.45, 7) is 7.59. The number of carbonyl (C=O) groups excluding carboxylic acids is 2. The molecule has 7 heteroatoms. The molecule has 0 spiro atoms. The highest BCUT2D eigenvalue weighted by atomic mass is 35.5. The molecule has 0 bridgehead atoms. The van der Waals surface area contributed by atoms with Crippen molar-refractivity contribution in [1.29, 1.82) is 0 Å². The van der Waals surface area contributed by atoms with E-state index in [9.17, 15) is 14.4 Å². The first kappa shape index (κ1) is 21.0. The Kier molecular flexibility index (Phi) is 7.90. The molecule has 2 N–H and O–H groups in total. The van der Waals surface area contributed by atoms with Crippen molar-refractivity contribution >= 4 is 35.1 Å². The van der Waals surface area contributed by atoms with Crippen molar-refractivity contribution in [2.75, 3.05) is 11.9 Å². The highest BCUT2D eigenvalue weighted by Crippen LogP contribution is 2.23. The third kappa shape index (κ3) is 6.74. The van der Waals surface area contributed by atoms with Crippen molar-refractivity contribution in [2.24, 2.45) is 5.92 Å². The molecule has 2 amide bonds. The SMILES string of the molecule is CC(C)CC(=O)Nc1ccc(Cl)c(C(=O)N(CCC(=O)O)C(C)C)c1. The zero-order valence-electron chi connectivity index (χ0n) is 15.0. The summed E-state index contributed by atoms with van der Waals surface area (Å²) >= 11 is 6.15. The first-order valence-electron chi connectivity index (χ1n) is 8.24.